The number of carbonyl (C=O) groups excluding carboxylic acids is 2. The molecule has 1 heterocycles. The van der Waals surface area contributed by atoms with Crippen LogP contribution in [0.5, 0.6) is 0 Å². The lowest BCUT2D eigenvalue weighted by Gasteiger charge is -2.55. The number of fused-ring (bicyclic) bond motifs is 5. The molecule has 1 aliphatic heterocycles. The summed E-state index contributed by atoms with van der Waals surface area (Å²) in [6, 6.07) is 9.30. The molecule has 4 aliphatic rings. The molecule has 5 rings (SSSR count). The van der Waals surface area contributed by atoms with E-state index in [4.69, 9.17) is 4.74 Å². The quantitative estimate of drug-likeness (QED) is 0.436. The molecular formula is C28H34N2O6. The lowest BCUT2D eigenvalue weighted by Crippen LogP contribution is -2.65. The predicted octanol–water partition coefficient (Wildman–Crippen LogP) is 2.92. The number of aliphatic hydroxyl groups is 3. The van der Waals surface area contributed by atoms with E-state index in [1.807, 2.05) is 51.1 Å². The third-order valence-corrected chi connectivity index (χ3v) is 8.64. The Morgan fingerprint density at radius 3 is 2.47 bits per heavy atom. The number of aliphatic hydroxyl groups excluding tert-OH is 1. The first-order chi connectivity index (χ1) is 16.9. The van der Waals surface area contributed by atoms with E-state index in [2.05, 4.69) is 10.2 Å². The monoisotopic (exact) mass is 494 g/mol. The van der Waals surface area contributed by atoms with Crippen molar-refractivity contribution in [1.82, 2.24) is 0 Å². The van der Waals surface area contributed by atoms with E-state index in [-0.39, 0.29) is 37.2 Å². The Hall–Kier alpha value is -2.68. The predicted molar refractivity (Wildman–Crippen MR) is 131 cm³/mol. The van der Waals surface area contributed by atoms with Gasteiger partial charge in [-0.25, -0.2) is 0 Å². The molecule has 1 saturated carbocycles. The minimum absolute atomic E-state index is 0.0726. The lowest BCUT2D eigenvalue weighted by atomic mass is 9.54. The van der Waals surface area contributed by atoms with Gasteiger partial charge in [0.2, 0.25) is 5.72 Å². The van der Waals surface area contributed by atoms with Crippen LogP contribution in [0.3, 0.4) is 0 Å². The molecule has 0 aromatic heterocycles. The number of carbonyl (C=O) groups is 2. The number of hydrogen-bond donors (Lipinski definition) is 3. The Bertz CT molecular complexity index is 1190. The Morgan fingerprint density at radius 2 is 1.81 bits per heavy atom. The molecule has 0 bridgehead atoms. The van der Waals surface area contributed by atoms with Gasteiger partial charge < -0.3 is 20.1 Å². The molecule has 1 unspecified atom stereocenters. The minimum Gasteiger partial charge on any atom is -0.435 e. The summed E-state index contributed by atoms with van der Waals surface area (Å²) in [7, 11) is 0. The highest BCUT2D eigenvalue weighted by Crippen LogP contribution is 2.63. The number of rotatable bonds is 4. The van der Waals surface area contributed by atoms with Gasteiger partial charge in [0.25, 0.3) is 0 Å². The second-order valence-corrected chi connectivity index (χ2v) is 11.5. The average molecular weight is 495 g/mol. The summed E-state index contributed by atoms with van der Waals surface area (Å²) < 4.78 is 6.14. The third kappa shape index (κ3) is 3.45. The van der Waals surface area contributed by atoms with Gasteiger partial charge in [0, 0.05) is 24.7 Å². The summed E-state index contributed by atoms with van der Waals surface area (Å²) in [6.45, 7) is 6.91. The van der Waals surface area contributed by atoms with Crippen LogP contribution in [0.4, 0.5) is 0 Å². The zero-order valence-electron chi connectivity index (χ0n) is 21.1. The third-order valence-electron chi connectivity index (χ3n) is 8.64. The lowest BCUT2D eigenvalue weighted by molar-refractivity contribution is -0.199. The van der Waals surface area contributed by atoms with Crippen LogP contribution in [0.1, 0.15) is 46.1 Å². The van der Waals surface area contributed by atoms with Crippen LogP contribution in [0, 0.1) is 23.7 Å². The maximum absolute atomic E-state index is 13.1. The van der Waals surface area contributed by atoms with Crippen molar-refractivity contribution in [2.75, 3.05) is 6.61 Å². The number of azo groups is 1. The zero-order chi connectivity index (χ0) is 26.1. The fourth-order valence-corrected chi connectivity index (χ4v) is 7.11. The molecule has 0 amide bonds. The minimum atomic E-state index is -1.90. The van der Waals surface area contributed by atoms with Crippen LogP contribution in [0.15, 0.2) is 63.9 Å². The molecule has 7 atom stereocenters. The maximum atomic E-state index is 13.1. The largest absolute Gasteiger partial charge is 0.435 e. The van der Waals surface area contributed by atoms with E-state index in [0.717, 1.165) is 5.56 Å². The van der Waals surface area contributed by atoms with Crippen molar-refractivity contribution in [2.45, 2.75) is 69.4 Å². The van der Waals surface area contributed by atoms with Gasteiger partial charge in [-0.2, -0.15) is 5.11 Å². The number of hydrogen-bond acceptors (Lipinski definition) is 8. The number of allylic oxidation sites excluding steroid dienone is 1. The maximum Gasteiger partial charge on any atom is 0.312 e. The van der Waals surface area contributed by atoms with Gasteiger partial charge in [-0.3, -0.25) is 9.59 Å². The number of ketones is 1. The van der Waals surface area contributed by atoms with Gasteiger partial charge in [0.1, 0.15) is 0 Å². The Balaban J connectivity index is 1.61. The number of nitrogens with zero attached hydrogens (tertiary/aromatic N) is 2. The molecule has 3 N–H and O–H groups in total. The van der Waals surface area contributed by atoms with E-state index >= 15 is 0 Å². The first kappa shape index (κ1) is 25.0. The zero-order valence-corrected chi connectivity index (χ0v) is 21.1. The molecule has 0 radical (unpaired) electrons. The van der Waals surface area contributed by atoms with Gasteiger partial charge >= 0.3 is 5.97 Å². The van der Waals surface area contributed by atoms with Crippen molar-refractivity contribution in [3.8, 4) is 0 Å². The van der Waals surface area contributed by atoms with Gasteiger partial charge in [-0.15, -0.1) is 5.11 Å². The van der Waals surface area contributed by atoms with Crippen molar-refractivity contribution in [1.29, 1.82) is 0 Å². The molecular weight excluding hydrogens is 460 g/mol. The summed E-state index contributed by atoms with van der Waals surface area (Å²) in [4.78, 5) is 26.3. The summed E-state index contributed by atoms with van der Waals surface area (Å²) in [5.74, 6) is -3.23. The summed E-state index contributed by atoms with van der Waals surface area (Å²) in [6.07, 6.45) is 3.59. The molecule has 1 fully saturated rings. The second kappa shape index (κ2) is 8.16. The SMILES string of the molecule is CC1C=C2[C@](O)(CC(CO)=C[C@H]3[C@@H]4C(C)(C)N=N[C@]4(OC(=O)Cc4ccccc4)C[C@@H](C)[C@]23O)C1=O. The van der Waals surface area contributed by atoms with Crippen LogP contribution in [-0.4, -0.2) is 56.1 Å². The standard InChI is InChI=1S/C28H34N2O6/c1-16-10-21-26(34,24(16)33)14-19(15-31)11-20-23-25(3,4)29-30-27(23,13-17(2)28(20,21)35)36-22(32)12-18-8-6-5-7-9-18/h5-11,16-17,20,23,31,34-35H,12-15H2,1-4H3/t16?,17-,20+,23-,26-,27+,28-/m1/s1. The van der Waals surface area contributed by atoms with Gasteiger partial charge in [0.15, 0.2) is 11.4 Å². The van der Waals surface area contributed by atoms with Crippen LogP contribution >= 0.6 is 0 Å². The number of ether oxygens (including phenoxy) is 1. The summed E-state index contributed by atoms with van der Waals surface area (Å²) in [5.41, 5.74) is -4.11. The molecule has 8 heteroatoms. The first-order valence-corrected chi connectivity index (χ1v) is 12.6. The highest BCUT2D eigenvalue weighted by molar-refractivity contribution is 5.98. The van der Waals surface area contributed by atoms with E-state index in [1.165, 1.54) is 0 Å². The average Bonchev–Trinajstić information content (AvgIpc) is 3.17. The van der Waals surface area contributed by atoms with Crippen molar-refractivity contribution >= 4 is 11.8 Å². The Kier molecular flexibility index (Phi) is 5.67. The van der Waals surface area contributed by atoms with Crippen molar-refractivity contribution < 1.29 is 29.6 Å². The van der Waals surface area contributed by atoms with Gasteiger partial charge in [-0.05, 0) is 36.5 Å². The van der Waals surface area contributed by atoms with Crippen LogP contribution < -0.4 is 0 Å². The molecule has 0 saturated heterocycles. The van der Waals surface area contributed by atoms with Crippen molar-refractivity contribution in [3.63, 3.8) is 0 Å². The molecule has 8 nitrogen and oxygen atoms in total. The normalized spacial score (nSPS) is 40.5. The molecule has 0 spiro atoms. The number of Topliss-reactive ketones (excluding diaryl/α,β-unsaturated/α-hetero) is 1. The summed E-state index contributed by atoms with van der Waals surface area (Å²) >= 11 is 0. The van der Waals surface area contributed by atoms with E-state index < -0.39 is 52.1 Å². The number of benzene rings is 1. The highest BCUT2D eigenvalue weighted by atomic mass is 16.6. The molecule has 36 heavy (non-hydrogen) atoms. The first-order valence-electron chi connectivity index (χ1n) is 12.6. The molecule has 3 aliphatic carbocycles. The van der Waals surface area contributed by atoms with E-state index in [9.17, 15) is 24.9 Å². The molecule has 1 aromatic carbocycles. The fourth-order valence-electron chi connectivity index (χ4n) is 7.11. The fraction of sp³-hybridized carbons (Fsp3) is 0.571. The van der Waals surface area contributed by atoms with Gasteiger partial charge in [0.05, 0.1) is 30.1 Å². The smallest absolute Gasteiger partial charge is 0.312 e. The molecule has 1 aromatic rings. The second-order valence-electron chi connectivity index (χ2n) is 11.5. The Labute approximate surface area is 210 Å². The Morgan fingerprint density at radius 1 is 1.11 bits per heavy atom. The van der Waals surface area contributed by atoms with Gasteiger partial charge in [-0.1, -0.05) is 56.3 Å². The molecule has 192 valence electrons. The van der Waals surface area contributed by atoms with Crippen molar-refractivity contribution in [3.05, 3.63) is 59.2 Å². The highest BCUT2D eigenvalue weighted by Gasteiger charge is 2.71. The van der Waals surface area contributed by atoms with E-state index in [1.54, 1.807) is 19.1 Å². The summed E-state index contributed by atoms with van der Waals surface area (Å²) in [5, 5.41) is 43.3. The van der Waals surface area contributed by atoms with Crippen LogP contribution in [0.25, 0.3) is 0 Å². The van der Waals surface area contributed by atoms with Crippen LogP contribution in [0.2, 0.25) is 0 Å². The number of esters is 1. The topological polar surface area (TPSA) is 129 Å². The van der Waals surface area contributed by atoms with Crippen molar-refractivity contribution in [2.24, 2.45) is 33.9 Å². The van der Waals surface area contributed by atoms with Crippen LogP contribution in [-0.2, 0) is 20.7 Å². The van der Waals surface area contributed by atoms with E-state index in [0.29, 0.717) is 5.57 Å².